The van der Waals surface area contributed by atoms with Gasteiger partial charge in [0.15, 0.2) is 0 Å². The number of nitrogens with one attached hydrogen (secondary N) is 2. The number of benzene rings is 1. The topological polar surface area (TPSA) is 41.1 Å². The standard InChI is InChI=1S/C15H23ClN2O/c1-4-12(3)18-15(19)7-8-17-10-13-5-6-14(16)9-11(13)2/h5-6,9,12,17H,4,7-8,10H2,1-3H3,(H,18,19). The molecular formula is C15H23ClN2O. The largest absolute Gasteiger partial charge is 0.354 e. The van der Waals surface area contributed by atoms with Crippen molar-refractivity contribution in [2.45, 2.75) is 46.2 Å². The Morgan fingerprint density at radius 2 is 2.16 bits per heavy atom. The molecule has 3 nitrogen and oxygen atoms in total. The number of carbonyl (C=O) groups excluding carboxylic acids is 1. The first-order valence-corrected chi connectivity index (χ1v) is 7.15. The van der Waals surface area contributed by atoms with Crippen LogP contribution in [0.2, 0.25) is 5.02 Å². The number of aryl methyl sites for hydroxylation is 1. The van der Waals surface area contributed by atoms with Crippen LogP contribution in [0.25, 0.3) is 0 Å². The molecule has 1 aromatic rings. The van der Waals surface area contributed by atoms with Gasteiger partial charge in [-0.25, -0.2) is 0 Å². The molecular weight excluding hydrogens is 260 g/mol. The van der Waals surface area contributed by atoms with Gasteiger partial charge in [-0.15, -0.1) is 0 Å². The predicted molar refractivity (Wildman–Crippen MR) is 80.4 cm³/mol. The summed E-state index contributed by atoms with van der Waals surface area (Å²) in [6, 6.07) is 6.12. The summed E-state index contributed by atoms with van der Waals surface area (Å²) < 4.78 is 0. The summed E-state index contributed by atoms with van der Waals surface area (Å²) in [5.74, 6) is 0.106. The van der Waals surface area contributed by atoms with E-state index in [-0.39, 0.29) is 11.9 Å². The summed E-state index contributed by atoms with van der Waals surface area (Å²) in [5, 5.41) is 6.99. The van der Waals surface area contributed by atoms with Crippen LogP contribution in [0.15, 0.2) is 18.2 Å². The highest BCUT2D eigenvalue weighted by Gasteiger charge is 2.05. The molecule has 0 saturated heterocycles. The minimum absolute atomic E-state index is 0.106. The van der Waals surface area contributed by atoms with Crippen molar-refractivity contribution in [2.24, 2.45) is 0 Å². The second kappa shape index (κ2) is 8.18. The Bertz CT molecular complexity index is 421. The number of carbonyl (C=O) groups is 1. The minimum Gasteiger partial charge on any atom is -0.354 e. The third-order valence-electron chi connectivity index (χ3n) is 3.17. The number of hydrogen-bond donors (Lipinski definition) is 2. The summed E-state index contributed by atoms with van der Waals surface area (Å²) in [7, 11) is 0. The third kappa shape index (κ3) is 6.08. The van der Waals surface area contributed by atoms with Gasteiger partial charge < -0.3 is 10.6 Å². The van der Waals surface area contributed by atoms with Crippen molar-refractivity contribution in [2.75, 3.05) is 6.54 Å². The van der Waals surface area contributed by atoms with Crippen LogP contribution in [0.5, 0.6) is 0 Å². The molecule has 0 aliphatic carbocycles. The van der Waals surface area contributed by atoms with Gasteiger partial charge in [-0.3, -0.25) is 4.79 Å². The minimum atomic E-state index is 0.106. The Labute approximate surface area is 120 Å². The SMILES string of the molecule is CCC(C)NC(=O)CCNCc1ccc(Cl)cc1C. The maximum atomic E-state index is 11.6. The number of hydrogen-bond acceptors (Lipinski definition) is 2. The highest BCUT2D eigenvalue weighted by Crippen LogP contribution is 2.14. The molecule has 4 heteroatoms. The molecule has 0 aliphatic rings. The summed E-state index contributed by atoms with van der Waals surface area (Å²) in [4.78, 5) is 11.6. The molecule has 0 fully saturated rings. The predicted octanol–water partition coefficient (Wildman–Crippen LogP) is 3.04. The second-order valence-electron chi connectivity index (χ2n) is 4.87. The quantitative estimate of drug-likeness (QED) is 0.755. The van der Waals surface area contributed by atoms with E-state index >= 15 is 0 Å². The Hall–Kier alpha value is -1.06. The van der Waals surface area contributed by atoms with E-state index in [1.807, 2.05) is 32.0 Å². The van der Waals surface area contributed by atoms with E-state index in [0.29, 0.717) is 13.0 Å². The fourth-order valence-corrected chi connectivity index (χ4v) is 1.96. The fraction of sp³-hybridized carbons (Fsp3) is 0.533. The number of rotatable bonds is 7. The van der Waals surface area contributed by atoms with Gasteiger partial charge in [0.05, 0.1) is 0 Å². The molecule has 1 rings (SSSR count). The van der Waals surface area contributed by atoms with Gasteiger partial charge in [-0.05, 0) is 43.5 Å². The zero-order valence-electron chi connectivity index (χ0n) is 11.9. The molecule has 106 valence electrons. The van der Waals surface area contributed by atoms with Crippen LogP contribution in [0.3, 0.4) is 0 Å². The van der Waals surface area contributed by atoms with Crippen LogP contribution in [-0.2, 0) is 11.3 Å². The van der Waals surface area contributed by atoms with Crippen molar-refractivity contribution in [3.05, 3.63) is 34.3 Å². The normalized spacial score (nSPS) is 12.2. The maximum absolute atomic E-state index is 11.6. The summed E-state index contributed by atoms with van der Waals surface area (Å²) in [5.41, 5.74) is 2.38. The Morgan fingerprint density at radius 3 is 2.79 bits per heavy atom. The Kier molecular flexibility index (Phi) is 6.89. The first kappa shape index (κ1) is 16.0. The van der Waals surface area contributed by atoms with Crippen molar-refractivity contribution in [1.29, 1.82) is 0 Å². The number of halogens is 1. The van der Waals surface area contributed by atoms with Crippen molar-refractivity contribution in [3.8, 4) is 0 Å². The molecule has 1 amide bonds. The summed E-state index contributed by atoms with van der Waals surface area (Å²) in [6.07, 6.45) is 1.47. The Morgan fingerprint density at radius 1 is 1.42 bits per heavy atom. The van der Waals surface area contributed by atoms with E-state index in [1.54, 1.807) is 0 Å². The molecule has 1 atom stereocenters. The molecule has 1 aromatic carbocycles. The first-order valence-electron chi connectivity index (χ1n) is 6.78. The van der Waals surface area contributed by atoms with E-state index < -0.39 is 0 Å². The molecule has 0 aromatic heterocycles. The van der Waals surface area contributed by atoms with Gasteiger partial charge in [0.25, 0.3) is 0 Å². The lowest BCUT2D eigenvalue weighted by atomic mass is 10.1. The van der Waals surface area contributed by atoms with E-state index in [1.165, 1.54) is 11.1 Å². The highest BCUT2D eigenvalue weighted by molar-refractivity contribution is 6.30. The lowest BCUT2D eigenvalue weighted by Gasteiger charge is -2.12. The van der Waals surface area contributed by atoms with Gasteiger partial charge in [0, 0.05) is 30.6 Å². The van der Waals surface area contributed by atoms with Gasteiger partial charge >= 0.3 is 0 Å². The molecule has 2 N–H and O–H groups in total. The zero-order valence-corrected chi connectivity index (χ0v) is 12.7. The van der Waals surface area contributed by atoms with E-state index in [2.05, 4.69) is 17.6 Å². The molecule has 19 heavy (non-hydrogen) atoms. The Balaban J connectivity index is 2.25. The molecule has 0 spiro atoms. The lowest BCUT2D eigenvalue weighted by Crippen LogP contribution is -2.33. The van der Waals surface area contributed by atoms with Crippen LogP contribution in [0, 0.1) is 6.92 Å². The molecule has 0 saturated carbocycles. The van der Waals surface area contributed by atoms with Crippen LogP contribution in [0.1, 0.15) is 37.8 Å². The summed E-state index contributed by atoms with van der Waals surface area (Å²) in [6.45, 7) is 7.57. The van der Waals surface area contributed by atoms with E-state index in [4.69, 9.17) is 11.6 Å². The molecule has 0 bridgehead atoms. The van der Waals surface area contributed by atoms with E-state index in [9.17, 15) is 4.79 Å². The van der Waals surface area contributed by atoms with Crippen LogP contribution < -0.4 is 10.6 Å². The van der Waals surface area contributed by atoms with Crippen molar-refractivity contribution >= 4 is 17.5 Å². The van der Waals surface area contributed by atoms with Crippen molar-refractivity contribution in [3.63, 3.8) is 0 Å². The smallest absolute Gasteiger partial charge is 0.221 e. The first-order chi connectivity index (χ1) is 9.02. The molecule has 0 aliphatic heterocycles. The van der Waals surface area contributed by atoms with Crippen molar-refractivity contribution < 1.29 is 4.79 Å². The second-order valence-corrected chi connectivity index (χ2v) is 5.31. The molecule has 0 radical (unpaired) electrons. The van der Waals surface area contributed by atoms with Gasteiger partial charge in [-0.2, -0.15) is 0 Å². The summed E-state index contributed by atoms with van der Waals surface area (Å²) >= 11 is 5.91. The third-order valence-corrected chi connectivity index (χ3v) is 3.40. The molecule has 0 heterocycles. The van der Waals surface area contributed by atoms with Crippen LogP contribution in [-0.4, -0.2) is 18.5 Å². The van der Waals surface area contributed by atoms with Gasteiger partial charge in [0.1, 0.15) is 0 Å². The fourth-order valence-electron chi connectivity index (χ4n) is 1.73. The van der Waals surface area contributed by atoms with Gasteiger partial charge in [0.2, 0.25) is 5.91 Å². The van der Waals surface area contributed by atoms with Crippen LogP contribution in [0.4, 0.5) is 0 Å². The van der Waals surface area contributed by atoms with Crippen LogP contribution >= 0.6 is 11.6 Å². The maximum Gasteiger partial charge on any atom is 0.221 e. The molecule has 1 unspecified atom stereocenters. The number of amides is 1. The van der Waals surface area contributed by atoms with E-state index in [0.717, 1.165) is 18.0 Å². The lowest BCUT2D eigenvalue weighted by molar-refractivity contribution is -0.121. The monoisotopic (exact) mass is 282 g/mol. The van der Waals surface area contributed by atoms with Gasteiger partial charge in [-0.1, -0.05) is 24.6 Å². The van der Waals surface area contributed by atoms with Crippen molar-refractivity contribution in [1.82, 2.24) is 10.6 Å². The zero-order chi connectivity index (χ0) is 14.3. The average molecular weight is 283 g/mol. The average Bonchev–Trinajstić information content (AvgIpc) is 2.36. The highest BCUT2D eigenvalue weighted by atomic mass is 35.5.